The smallest absolute Gasteiger partial charge is 0.220 e. The van der Waals surface area contributed by atoms with Crippen LogP contribution in [0.2, 0.25) is 0 Å². The number of carbonyl (C=O) groups excluding carboxylic acids is 1. The van der Waals surface area contributed by atoms with Gasteiger partial charge < -0.3 is 5.32 Å². The Morgan fingerprint density at radius 3 is 2.92 bits per heavy atom. The first-order valence-electron chi connectivity index (χ1n) is 3.80. The molecule has 0 radical (unpaired) electrons. The summed E-state index contributed by atoms with van der Waals surface area (Å²) in [6.07, 6.45) is 1.60. The highest BCUT2D eigenvalue weighted by Crippen LogP contribution is 2.31. The molecule has 2 nitrogen and oxygen atoms in total. The highest BCUT2D eigenvalue weighted by Gasteiger charge is 2.23. The molecule has 1 aromatic heterocycles. The summed E-state index contributed by atoms with van der Waals surface area (Å²) in [5.74, 6) is 0.171. The Morgan fingerprint density at radius 2 is 2.42 bits per heavy atom. The Labute approximate surface area is 83.1 Å². The Kier molecular flexibility index (Phi) is 2.19. The Balaban J connectivity index is 2.15. The number of halogens is 1. The largest absolute Gasteiger partial charge is 0.348 e. The minimum atomic E-state index is 0.171. The van der Waals surface area contributed by atoms with Crippen LogP contribution in [0.5, 0.6) is 0 Å². The molecule has 1 unspecified atom stereocenters. The fourth-order valence-corrected chi connectivity index (χ4v) is 2.85. The molecule has 0 spiro atoms. The molecule has 1 atom stereocenters. The normalized spacial score (nSPS) is 22.8. The number of rotatable bonds is 1. The van der Waals surface area contributed by atoms with Crippen LogP contribution in [0.15, 0.2) is 15.9 Å². The molecule has 0 aliphatic carbocycles. The predicted molar refractivity (Wildman–Crippen MR) is 52.1 cm³/mol. The van der Waals surface area contributed by atoms with E-state index in [0.29, 0.717) is 6.42 Å². The zero-order valence-corrected chi connectivity index (χ0v) is 8.74. The van der Waals surface area contributed by atoms with Crippen molar-refractivity contribution in [2.24, 2.45) is 0 Å². The third kappa shape index (κ3) is 1.54. The van der Waals surface area contributed by atoms with Crippen LogP contribution < -0.4 is 5.32 Å². The summed E-state index contributed by atoms with van der Waals surface area (Å²) in [4.78, 5) is 12.2. The van der Waals surface area contributed by atoms with Gasteiger partial charge in [-0.2, -0.15) is 0 Å². The second-order valence-corrected chi connectivity index (χ2v) is 5.30. The molecule has 12 heavy (non-hydrogen) atoms. The second-order valence-electron chi connectivity index (χ2n) is 2.80. The van der Waals surface area contributed by atoms with Gasteiger partial charge in [0.1, 0.15) is 0 Å². The van der Waals surface area contributed by atoms with Gasteiger partial charge in [0.05, 0.1) is 9.83 Å². The molecule has 0 saturated carbocycles. The molecule has 1 amide bonds. The SMILES string of the molecule is O=C1CCC(c2ccc(Br)s2)N1. The van der Waals surface area contributed by atoms with Crippen LogP contribution in [0.4, 0.5) is 0 Å². The maximum absolute atomic E-state index is 10.9. The Bertz CT molecular complexity index is 310. The molecule has 64 valence electrons. The van der Waals surface area contributed by atoms with Crippen LogP contribution >= 0.6 is 27.3 Å². The molecule has 1 saturated heterocycles. The van der Waals surface area contributed by atoms with Gasteiger partial charge in [0.25, 0.3) is 0 Å². The van der Waals surface area contributed by atoms with Crippen LogP contribution in [0.25, 0.3) is 0 Å². The number of carbonyl (C=O) groups is 1. The molecule has 0 bridgehead atoms. The van der Waals surface area contributed by atoms with Crippen LogP contribution in [-0.2, 0) is 4.79 Å². The minimum Gasteiger partial charge on any atom is -0.348 e. The lowest BCUT2D eigenvalue weighted by Crippen LogP contribution is -2.17. The number of hydrogen-bond acceptors (Lipinski definition) is 2. The van der Waals surface area contributed by atoms with E-state index in [1.165, 1.54) is 4.88 Å². The quantitative estimate of drug-likeness (QED) is 0.810. The number of hydrogen-bond donors (Lipinski definition) is 1. The van der Waals surface area contributed by atoms with Crippen molar-refractivity contribution in [2.45, 2.75) is 18.9 Å². The van der Waals surface area contributed by atoms with Gasteiger partial charge in [-0.15, -0.1) is 11.3 Å². The van der Waals surface area contributed by atoms with Crippen LogP contribution in [0.1, 0.15) is 23.8 Å². The number of amides is 1. The molecule has 1 aromatic rings. The number of nitrogens with one attached hydrogen (secondary N) is 1. The van der Waals surface area contributed by atoms with Gasteiger partial charge >= 0.3 is 0 Å². The van der Waals surface area contributed by atoms with Crippen LogP contribution in [0, 0.1) is 0 Å². The average Bonchev–Trinajstić information content (AvgIpc) is 2.58. The average molecular weight is 246 g/mol. The van der Waals surface area contributed by atoms with E-state index < -0.39 is 0 Å². The molecular formula is C8H8BrNOS. The summed E-state index contributed by atoms with van der Waals surface area (Å²) in [5, 5.41) is 2.93. The maximum Gasteiger partial charge on any atom is 0.220 e. The summed E-state index contributed by atoms with van der Waals surface area (Å²) >= 11 is 5.09. The lowest BCUT2D eigenvalue weighted by Gasteiger charge is -2.05. The topological polar surface area (TPSA) is 29.1 Å². The first-order chi connectivity index (χ1) is 5.75. The first kappa shape index (κ1) is 8.26. The van der Waals surface area contributed by atoms with Gasteiger partial charge in [-0.05, 0) is 34.5 Å². The van der Waals surface area contributed by atoms with Crippen LogP contribution in [-0.4, -0.2) is 5.91 Å². The highest BCUT2D eigenvalue weighted by atomic mass is 79.9. The van der Waals surface area contributed by atoms with Crippen molar-refractivity contribution >= 4 is 33.2 Å². The Morgan fingerprint density at radius 1 is 1.58 bits per heavy atom. The van der Waals surface area contributed by atoms with Gasteiger partial charge in [-0.25, -0.2) is 0 Å². The van der Waals surface area contributed by atoms with Gasteiger partial charge in [-0.1, -0.05) is 0 Å². The summed E-state index contributed by atoms with van der Waals surface area (Å²) in [5.41, 5.74) is 0. The number of thiophene rings is 1. The molecule has 2 rings (SSSR count). The van der Waals surface area contributed by atoms with Crippen LogP contribution in [0.3, 0.4) is 0 Å². The van der Waals surface area contributed by atoms with Gasteiger partial charge in [0.15, 0.2) is 0 Å². The molecule has 1 fully saturated rings. The monoisotopic (exact) mass is 245 g/mol. The summed E-state index contributed by atoms with van der Waals surface area (Å²) < 4.78 is 1.12. The summed E-state index contributed by atoms with van der Waals surface area (Å²) in [6, 6.07) is 4.34. The Hall–Kier alpha value is -0.350. The molecule has 1 aliphatic heterocycles. The van der Waals surface area contributed by atoms with E-state index in [4.69, 9.17) is 0 Å². The van der Waals surface area contributed by atoms with E-state index in [9.17, 15) is 4.79 Å². The minimum absolute atomic E-state index is 0.171. The van der Waals surface area contributed by atoms with Crippen molar-refractivity contribution in [1.29, 1.82) is 0 Å². The molecular weight excluding hydrogens is 238 g/mol. The van der Waals surface area contributed by atoms with E-state index in [-0.39, 0.29) is 11.9 Å². The third-order valence-corrected chi connectivity index (χ3v) is 3.67. The summed E-state index contributed by atoms with van der Waals surface area (Å²) in [7, 11) is 0. The summed E-state index contributed by atoms with van der Waals surface area (Å²) in [6.45, 7) is 0. The van der Waals surface area contributed by atoms with Gasteiger partial charge in [-0.3, -0.25) is 4.79 Å². The van der Waals surface area contributed by atoms with Crippen molar-refractivity contribution in [3.05, 3.63) is 20.8 Å². The van der Waals surface area contributed by atoms with Crippen molar-refractivity contribution < 1.29 is 4.79 Å². The van der Waals surface area contributed by atoms with E-state index >= 15 is 0 Å². The van der Waals surface area contributed by atoms with E-state index in [0.717, 1.165) is 10.2 Å². The van der Waals surface area contributed by atoms with Crippen molar-refractivity contribution in [1.82, 2.24) is 5.32 Å². The third-order valence-electron chi connectivity index (χ3n) is 1.93. The molecule has 0 aromatic carbocycles. The molecule has 1 aliphatic rings. The fraction of sp³-hybridized carbons (Fsp3) is 0.375. The van der Waals surface area contributed by atoms with Crippen molar-refractivity contribution in [3.8, 4) is 0 Å². The fourth-order valence-electron chi connectivity index (χ4n) is 1.34. The maximum atomic E-state index is 10.9. The van der Waals surface area contributed by atoms with Crippen molar-refractivity contribution in [3.63, 3.8) is 0 Å². The second kappa shape index (κ2) is 3.18. The molecule has 4 heteroatoms. The van der Waals surface area contributed by atoms with Crippen molar-refractivity contribution in [2.75, 3.05) is 0 Å². The van der Waals surface area contributed by atoms with E-state index in [1.807, 2.05) is 6.07 Å². The predicted octanol–water partition coefficient (Wildman–Crippen LogP) is 2.46. The molecule has 1 N–H and O–H groups in total. The lowest BCUT2D eigenvalue weighted by atomic mass is 10.2. The van der Waals surface area contributed by atoms with Gasteiger partial charge in [0, 0.05) is 11.3 Å². The zero-order chi connectivity index (χ0) is 8.55. The zero-order valence-electron chi connectivity index (χ0n) is 6.34. The lowest BCUT2D eigenvalue weighted by molar-refractivity contribution is -0.119. The van der Waals surface area contributed by atoms with E-state index in [2.05, 4.69) is 27.3 Å². The first-order valence-corrected chi connectivity index (χ1v) is 5.41. The standard InChI is InChI=1S/C8H8BrNOS/c9-7-3-2-6(12-7)5-1-4-8(11)10-5/h2-3,5H,1,4H2,(H,10,11). The van der Waals surface area contributed by atoms with E-state index in [1.54, 1.807) is 11.3 Å². The highest BCUT2D eigenvalue weighted by molar-refractivity contribution is 9.11. The van der Waals surface area contributed by atoms with Gasteiger partial charge in [0.2, 0.25) is 5.91 Å². The molecule has 2 heterocycles.